The second kappa shape index (κ2) is 27.4. The molecule has 0 atom stereocenters. The summed E-state index contributed by atoms with van der Waals surface area (Å²) in [5.74, 6) is 1.65. The van der Waals surface area contributed by atoms with E-state index in [2.05, 4.69) is 13.8 Å². The number of aliphatic hydroxyl groups excluding tert-OH is 1. The van der Waals surface area contributed by atoms with Gasteiger partial charge in [-0.05, 0) is 30.5 Å². The van der Waals surface area contributed by atoms with E-state index >= 15 is 0 Å². The zero-order chi connectivity index (χ0) is 27.4. The van der Waals surface area contributed by atoms with Gasteiger partial charge in [-0.15, -0.1) is 0 Å². The minimum atomic E-state index is 0.0186. The second-order valence-electron chi connectivity index (χ2n) is 11.4. The molecule has 0 unspecified atom stereocenters. The van der Waals surface area contributed by atoms with E-state index in [0.717, 1.165) is 43.1 Å². The van der Waals surface area contributed by atoms with Crippen molar-refractivity contribution in [3.05, 3.63) is 23.8 Å². The second-order valence-corrected chi connectivity index (χ2v) is 11.4. The molecule has 3 nitrogen and oxygen atoms in total. The molecule has 0 saturated carbocycles. The smallest absolute Gasteiger partial charge is 0.123 e. The van der Waals surface area contributed by atoms with Crippen molar-refractivity contribution in [1.82, 2.24) is 0 Å². The van der Waals surface area contributed by atoms with E-state index in [0.29, 0.717) is 0 Å². The lowest BCUT2D eigenvalue weighted by atomic mass is 10.1. The van der Waals surface area contributed by atoms with Crippen molar-refractivity contribution in [3.8, 4) is 11.5 Å². The molecule has 1 aromatic rings. The van der Waals surface area contributed by atoms with Gasteiger partial charge < -0.3 is 14.6 Å². The summed E-state index contributed by atoms with van der Waals surface area (Å²) in [4.78, 5) is 0. The molecule has 0 radical (unpaired) electrons. The molecule has 1 aromatic carbocycles. The highest BCUT2D eigenvalue weighted by Crippen LogP contribution is 2.24. The minimum absolute atomic E-state index is 0.0186. The zero-order valence-electron chi connectivity index (χ0n) is 25.6. The number of hydrogen-bond acceptors (Lipinski definition) is 3. The average molecular weight is 533 g/mol. The van der Waals surface area contributed by atoms with Crippen molar-refractivity contribution in [1.29, 1.82) is 0 Å². The molecule has 0 heterocycles. The number of rotatable bonds is 29. The topological polar surface area (TPSA) is 38.7 Å². The number of unbranched alkanes of at least 4 members (excludes halogenated alkanes) is 22. The molecular weight excluding hydrogens is 468 g/mol. The van der Waals surface area contributed by atoms with Crippen molar-refractivity contribution in [2.24, 2.45) is 0 Å². The summed E-state index contributed by atoms with van der Waals surface area (Å²) >= 11 is 0. The molecule has 0 aliphatic carbocycles. The number of aliphatic hydroxyl groups is 1. The predicted molar refractivity (Wildman–Crippen MR) is 166 cm³/mol. The van der Waals surface area contributed by atoms with Crippen molar-refractivity contribution < 1.29 is 14.6 Å². The summed E-state index contributed by atoms with van der Waals surface area (Å²) < 4.78 is 12.0. The van der Waals surface area contributed by atoms with Crippen LogP contribution < -0.4 is 9.47 Å². The Morgan fingerprint density at radius 1 is 0.421 bits per heavy atom. The largest absolute Gasteiger partial charge is 0.493 e. The van der Waals surface area contributed by atoms with Crippen LogP contribution in [0, 0.1) is 0 Å². The van der Waals surface area contributed by atoms with E-state index in [4.69, 9.17) is 9.47 Å². The highest BCUT2D eigenvalue weighted by Gasteiger charge is 2.04. The fourth-order valence-corrected chi connectivity index (χ4v) is 5.15. The van der Waals surface area contributed by atoms with Gasteiger partial charge in [0.25, 0.3) is 0 Å². The highest BCUT2D eigenvalue weighted by molar-refractivity contribution is 5.38. The molecule has 1 rings (SSSR count). The van der Waals surface area contributed by atoms with Gasteiger partial charge >= 0.3 is 0 Å². The van der Waals surface area contributed by atoms with Gasteiger partial charge in [-0.2, -0.15) is 0 Å². The summed E-state index contributed by atoms with van der Waals surface area (Å²) in [7, 11) is 0. The van der Waals surface area contributed by atoms with E-state index in [9.17, 15) is 5.11 Å². The molecule has 3 heteroatoms. The molecule has 0 aliphatic rings. The Hall–Kier alpha value is -1.22. The van der Waals surface area contributed by atoms with Crippen LogP contribution in [0.15, 0.2) is 18.2 Å². The lowest BCUT2D eigenvalue weighted by Crippen LogP contribution is -2.01. The van der Waals surface area contributed by atoms with E-state index < -0.39 is 0 Å². The molecule has 38 heavy (non-hydrogen) atoms. The number of hydrogen-bond donors (Lipinski definition) is 1. The normalized spacial score (nSPS) is 11.2. The van der Waals surface area contributed by atoms with Crippen LogP contribution in [-0.4, -0.2) is 18.3 Å². The fraction of sp³-hybridized carbons (Fsp3) is 0.829. The van der Waals surface area contributed by atoms with Crippen molar-refractivity contribution >= 4 is 0 Å². The molecule has 222 valence electrons. The Balaban J connectivity index is 2.03. The first-order chi connectivity index (χ1) is 18.8. The van der Waals surface area contributed by atoms with Gasteiger partial charge in [-0.1, -0.05) is 155 Å². The lowest BCUT2D eigenvalue weighted by molar-refractivity contribution is 0.271. The number of ether oxygens (including phenoxy) is 2. The van der Waals surface area contributed by atoms with Crippen molar-refractivity contribution in [2.75, 3.05) is 13.2 Å². The van der Waals surface area contributed by atoms with Crippen molar-refractivity contribution in [3.63, 3.8) is 0 Å². The van der Waals surface area contributed by atoms with Crippen molar-refractivity contribution in [2.45, 2.75) is 175 Å². The fourth-order valence-electron chi connectivity index (χ4n) is 5.15. The van der Waals surface area contributed by atoms with Gasteiger partial charge in [0.15, 0.2) is 0 Å². The Bertz CT molecular complexity index is 567. The SMILES string of the molecule is CCCCCCCCCCCCCCOc1cc(CO)cc(OCCCCCCCCCCCCCC)c1. The lowest BCUT2D eigenvalue weighted by Gasteiger charge is -2.12. The van der Waals surface area contributed by atoms with Gasteiger partial charge in [0.2, 0.25) is 0 Å². The van der Waals surface area contributed by atoms with Crippen LogP contribution >= 0.6 is 0 Å². The maximum atomic E-state index is 9.64. The summed E-state index contributed by atoms with van der Waals surface area (Å²) in [6.07, 6.45) is 32.4. The summed E-state index contributed by atoms with van der Waals surface area (Å²) in [5.41, 5.74) is 0.863. The summed E-state index contributed by atoms with van der Waals surface area (Å²) in [6, 6.07) is 5.87. The maximum Gasteiger partial charge on any atom is 0.123 e. The summed E-state index contributed by atoms with van der Waals surface area (Å²) in [6.45, 7) is 6.06. The minimum Gasteiger partial charge on any atom is -0.493 e. The van der Waals surface area contributed by atoms with E-state index in [1.807, 2.05) is 18.2 Å². The third kappa shape index (κ3) is 21.7. The van der Waals surface area contributed by atoms with E-state index in [-0.39, 0.29) is 6.61 Å². The van der Waals surface area contributed by atoms with Gasteiger partial charge in [-0.3, -0.25) is 0 Å². The van der Waals surface area contributed by atoms with Gasteiger partial charge in [0, 0.05) is 6.07 Å². The van der Waals surface area contributed by atoms with Crippen LogP contribution in [0.2, 0.25) is 0 Å². The van der Waals surface area contributed by atoms with E-state index in [1.54, 1.807) is 0 Å². The highest BCUT2D eigenvalue weighted by atomic mass is 16.5. The van der Waals surface area contributed by atoms with Crippen LogP contribution in [0.4, 0.5) is 0 Å². The molecule has 0 aliphatic heterocycles. The van der Waals surface area contributed by atoms with Gasteiger partial charge in [0.1, 0.15) is 11.5 Å². The van der Waals surface area contributed by atoms with Crippen LogP contribution in [0.25, 0.3) is 0 Å². The molecular formula is C35H64O3. The molecule has 0 saturated heterocycles. The van der Waals surface area contributed by atoms with E-state index in [1.165, 1.54) is 141 Å². The molecule has 0 fully saturated rings. The Kier molecular flexibility index (Phi) is 25.1. The van der Waals surface area contributed by atoms with Crippen LogP contribution in [0.1, 0.15) is 174 Å². The quantitative estimate of drug-likeness (QED) is 0.104. The Morgan fingerprint density at radius 3 is 1.00 bits per heavy atom. The molecule has 0 amide bonds. The zero-order valence-corrected chi connectivity index (χ0v) is 25.6. The summed E-state index contributed by atoms with van der Waals surface area (Å²) in [5, 5.41) is 9.64. The monoisotopic (exact) mass is 532 g/mol. The Morgan fingerprint density at radius 2 is 0.711 bits per heavy atom. The maximum absolute atomic E-state index is 9.64. The third-order valence-corrected chi connectivity index (χ3v) is 7.66. The van der Waals surface area contributed by atoms with Gasteiger partial charge in [0.05, 0.1) is 19.8 Å². The third-order valence-electron chi connectivity index (χ3n) is 7.66. The van der Waals surface area contributed by atoms with Gasteiger partial charge in [-0.25, -0.2) is 0 Å². The van der Waals surface area contributed by atoms with Crippen LogP contribution in [0.3, 0.4) is 0 Å². The molecule has 0 bridgehead atoms. The predicted octanol–water partition coefficient (Wildman–Crippen LogP) is 11.3. The van der Waals surface area contributed by atoms with Crippen LogP contribution in [0.5, 0.6) is 11.5 Å². The number of benzene rings is 1. The Labute approximate surface area is 237 Å². The first-order valence-corrected chi connectivity index (χ1v) is 16.8. The first-order valence-electron chi connectivity index (χ1n) is 16.8. The average Bonchev–Trinajstić information content (AvgIpc) is 2.93. The molecule has 0 spiro atoms. The molecule has 1 N–H and O–H groups in total. The standard InChI is InChI=1S/C35H64O3/c1-3-5-7-9-11-13-15-17-19-21-23-25-27-37-34-29-33(32-36)30-35(31-34)38-28-26-24-22-20-18-16-14-12-10-8-6-4-2/h29-31,36H,3-28,32H2,1-2H3. The van der Waals surface area contributed by atoms with Crippen LogP contribution in [-0.2, 0) is 6.61 Å². The molecule has 0 aromatic heterocycles. The first kappa shape index (κ1) is 34.8.